The lowest BCUT2D eigenvalue weighted by Crippen LogP contribution is -2.15. The van der Waals surface area contributed by atoms with Crippen LogP contribution in [0.5, 0.6) is 5.75 Å². The lowest BCUT2D eigenvalue weighted by molar-refractivity contribution is -0.385. The lowest BCUT2D eigenvalue weighted by atomic mass is 10.1. The highest BCUT2D eigenvalue weighted by molar-refractivity contribution is 7.12. The van der Waals surface area contributed by atoms with Gasteiger partial charge in [0, 0.05) is 23.3 Å². The molecule has 0 aliphatic carbocycles. The molecular formula is C16H15NO6S. The first-order valence-electron chi connectivity index (χ1n) is 7.34. The van der Waals surface area contributed by atoms with Crippen molar-refractivity contribution >= 4 is 23.0 Å². The van der Waals surface area contributed by atoms with Crippen molar-refractivity contribution in [2.75, 3.05) is 6.79 Å². The van der Waals surface area contributed by atoms with E-state index in [1.807, 2.05) is 18.4 Å². The zero-order valence-electron chi connectivity index (χ0n) is 12.9. The van der Waals surface area contributed by atoms with E-state index in [1.54, 1.807) is 0 Å². The molecule has 1 aliphatic heterocycles. The quantitative estimate of drug-likeness (QED) is 0.467. The van der Waals surface area contributed by atoms with Crippen molar-refractivity contribution in [1.82, 2.24) is 0 Å². The molecule has 8 heteroatoms. The third-order valence-electron chi connectivity index (χ3n) is 3.65. The number of nitro groups is 1. The van der Waals surface area contributed by atoms with Crippen LogP contribution in [0.2, 0.25) is 0 Å². The number of thiophene rings is 1. The van der Waals surface area contributed by atoms with E-state index >= 15 is 0 Å². The van der Waals surface area contributed by atoms with Gasteiger partial charge in [-0.3, -0.25) is 10.1 Å². The molecule has 2 aromatic rings. The van der Waals surface area contributed by atoms with Gasteiger partial charge in [-0.25, -0.2) is 4.79 Å². The Bertz CT molecular complexity index is 785. The molecule has 0 saturated heterocycles. The summed E-state index contributed by atoms with van der Waals surface area (Å²) in [6.07, 6.45) is 0.737. The Kier molecular flexibility index (Phi) is 4.77. The molecule has 7 nitrogen and oxygen atoms in total. The third-order valence-corrected chi connectivity index (χ3v) is 4.59. The minimum atomic E-state index is -0.491. The molecule has 24 heavy (non-hydrogen) atoms. The average Bonchev–Trinajstić information content (AvgIpc) is 3.07. The number of carbonyl (C=O) groups is 1. The molecule has 0 N–H and O–H groups in total. The second-order valence-electron chi connectivity index (χ2n) is 5.17. The molecule has 0 bridgehead atoms. The van der Waals surface area contributed by atoms with Gasteiger partial charge in [-0.15, -0.1) is 11.3 Å². The molecule has 0 saturated carbocycles. The fourth-order valence-corrected chi connectivity index (χ4v) is 3.38. The molecule has 2 heterocycles. The minimum absolute atomic E-state index is 0.0661. The number of esters is 1. The molecule has 0 fully saturated rings. The monoisotopic (exact) mass is 349 g/mol. The minimum Gasteiger partial charge on any atom is -0.467 e. The van der Waals surface area contributed by atoms with E-state index < -0.39 is 10.9 Å². The van der Waals surface area contributed by atoms with Crippen LogP contribution in [0, 0.1) is 10.1 Å². The smallest absolute Gasteiger partial charge is 0.348 e. The van der Waals surface area contributed by atoms with Gasteiger partial charge in [0.1, 0.15) is 17.2 Å². The summed E-state index contributed by atoms with van der Waals surface area (Å²) in [6.45, 7) is 2.16. The number of non-ortho nitro benzene ring substituents is 1. The van der Waals surface area contributed by atoms with Crippen molar-refractivity contribution in [2.24, 2.45) is 0 Å². The number of hydrogen-bond acceptors (Lipinski definition) is 7. The van der Waals surface area contributed by atoms with E-state index in [-0.39, 0.29) is 25.7 Å². The number of fused-ring (bicyclic) bond motifs is 1. The van der Waals surface area contributed by atoms with Crippen molar-refractivity contribution in [3.05, 3.63) is 55.3 Å². The van der Waals surface area contributed by atoms with Crippen molar-refractivity contribution in [3.8, 4) is 5.75 Å². The molecule has 1 aromatic carbocycles. The molecule has 1 aliphatic rings. The van der Waals surface area contributed by atoms with Crippen molar-refractivity contribution < 1.29 is 23.9 Å². The second-order valence-corrected chi connectivity index (χ2v) is 6.08. The van der Waals surface area contributed by atoms with Gasteiger partial charge in [-0.1, -0.05) is 6.92 Å². The van der Waals surface area contributed by atoms with Gasteiger partial charge in [0.15, 0.2) is 6.79 Å². The fourth-order valence-electron chi connectivity index (χ4n) is 2.50. The standard InChI is InChI=1S/C16H15NO6S/c1-2-10-3-4-24-15(10)16(18)22-8-12-6-13(17(19)20)5-11-7-21-9-23-14(11)12/h3-6H,2,7-9H2,1H3. The average molecular weight is 349 g/mol. The highest BCUT2D eigenvalue weighted by Crippen LogP contribution is 2.33. The van der Waals surface area contributed by atoms with Gasteiger partial charge >= 0.3 is 5.97 Å². The highest BCUT2D eigenvalue weighted by Gasteiger charge is 2.22. The van der Waals surface area contributed by atoms with Crippen LogP contribution in [-0.2, 0) is 29.1 Å². The van der Waals surface area contributed by atoms with Crippen LogP contribution >= 0.6 is 11.3 Å². The van der Waals surface area contributed by atoms with Gasteiger partial charge in [0.25, 0.3) is 5.69 Å². The molecule has 0 atom stereocenters. The van der Waals surface area contributed by atoms with E-state index in [9.17, 15) is 14.9 Å². The first kappa shape index (κ1) is 16.4. The van der Waals surface area contributed by atoms with Gasteiger partial charge in [0.05, 0.1) is 11.5 Å². The summed E-state index contributed by atoms with van der Waals surface area (Å²) < 4.78 is 15.9. The Morgan fingerprint density at radius 3 is 3.00 bits per heavy atom. The molecule has 3 rings (SSSR count). The SMILES string of the molecule is CCc1ccsc1C(=O)OCc1cc([N+](=O)[O-])cc2c1OCOC2. The maximum Gasteiger partial charge on any atom is 0.348 e. The summed E-state index contributed by atoms with van der Waals surface area (Å²) >= 11 is 1.32. The maximum atomic E-state index is 12.2. The Labute approximate surface area is 141 Å². The highest BCUT2D eigenvalue weighted by atomic mass is 32.1. The molecule has 1 aromatic heterocycles. The molecule has 0 radical (unpaired) electrons. The summed E-state index contributed by atoms with van der Waals surface area (Å²) in [5.41, 5.74) is 1.88. The van der Waals surface area contributed by atoms with E-state index in [1.165, 1.54) is 23.5 Å². The van der Waals surface area contributed by atoms with Gasteiger partial charge in [-0.05, 0) is 23.4 Å². The Morgan fingerprint density at radius 1 is 1.42 bits per heavy atom. The topological polar surface area (TPSA) is 87.9 Å². The summed E-state index contributed by atoms with van der Waals surface area (Å²) in [5, 5.41) is 12.9. The number of nitrogens with zero attached hydrogens (tertiary/aromatic N) is 1. The Hall–Kier alpha value is -2.45. The number of nitro benzene ring substituents is 1. The number of carbonyl (C=O) groups excluding carboxylic acids is 1. The molecule has 0 spiro atoms. The van der Waals surface area contributed by atoms with Crippen LogP contribution in [0.1, 0.15) is 33.3 Å². The number of rotatable bonds is 5. The summed E-state index contributed by atoms with van der Waals surface area (Å²) in [5.74, 6) is 0.0516. The van der Waals surface area contributed by atoms with Crippen LogP contribution in [0.25, 0.3) is 0 Å². The van der Waals surface area contributed by atoms with E-state index in [0.717, 1.165) is 12.0 Å². The largest absolute Gasteiger partial charge is 0.467 e. The Balaban J connectivity index is 1.83. The zero-order chi connectivity index (χ0) is 17.1. The van der Waals surface area contributed by atoms with Gasteiger partial charge in [-0.2, -0.15) is 0 Å². The fraction of sp³-hybridized carbons (Fsp3) is 0.312. The molecule has 0 unspecified atom stereocenters. The Morgan fingerprint density at radius 2 is 2.25 bits per heavy atom. The van der Waals surface area contributed by atoms with Gasteiger partial charge < -0.3 is 14.2 Å². The number of aryl methyl sites for hydroxylation is 1. The van der Waals surface area contributed by atoms with Crippen molar-refractivity contribution in [2.45, 2.75) is 26.6 Å². The summed E-state index contributed by atoms with van der Waals surface area (Å²) in [7, 11) is 0. The summed E-state index contributed by atoms with van der Waals surface area (Å²) in [4.78, 5) is 23.4. The first-order chi connectivity index (χ1) is 11.6. The normalized spacial score (nSPS) is 13.0. The van der Waals surface area contributed by atoms with Crippen LogP contribution in [0.3, 0.4) is 0 Å². The second kappa shape index (κ2) is 6.98. The predicted octanol–water partition coefficient (Wildman–Crippen LogP) is 3.44. The van der Waals surface area contributed by atoms with E-state index in [4.69, 9.17) is 14.2 Å². The van der Waals surface area contributed by atoms with Crippen LogP contribution in [0.4, 0.5) is 5.69 Å². The molecule has 126 valence electrons. The zero-order valence-corrected chi connectivity index (χ0v) is 13.8. The van der Waals surface area contributed by atoms with Crippen molar-refractivity contribution in [3.63, 3.8) is 0 Å². The summed E-state index contributed by atoms with van der Waals surface area (Å²) in [6, 6.07) is 4.66. The van der Waals surface area contributed by atoms with Crippen LogP contribution in [0.15, 0.2) is 23.6 Å². The predicted molar refractivity (Wildman–Crippen MR) is 86.2 cm³/mol. The van der Waals surface area contributed by atoms with Crippen LogP contribution < -0.4 is 4.74 Å². The van der Waals surface area contributed by atoms with E-state index in [0.29, 0.717) is 21.8 Å². The van der Waals surface area contributed by atoms with E-state index in [2.05, 4.69) is 0 Å². The first-order valence-corrected chi connectivity index (χ1v) is 8.22. The maximum absolute atomic E-state index is 12.2. The number of hydrogen-bond donors (Lipinski definition) is 0. The lowest BCUT2D eigenvalue weighted by Gasteiger charge is -2.20. The van der Waals surface area contributed by atoms with Crippen molar-refractivity contribution in [1.29, 1.82) is 0 Å². The molecular weight excluding hydrogens is 334 g/mol. The van der Waals surface area contributed by atoms with Crippen LogP contribution in [-0.4, -0.2) is 17.7 Å². The van der Waals surface area contributed by atoms with Gasteiger partial charge in [0.2, 0.25) is 0 Å². The third kappa shape index (κ3) is 3.24. The molecule has 0 amide bonds. The number of benzene rings is 1. The number of ether oxygens (including phenoxy) is 3.